The third-order valence-electron chi connectivity index (χ3n) is 4.97. The van der Waals surface area contributed by atoms with Gasteiger partial charge in [-0.25, -0.2) is 4.79 Å². The first-order chi connectivity index (χ1) is 19.7. The number of hydrogen-bond acceptors (Lipinski definition) is 12. The van der Waals surface area contributed by atoms with Gasteiger partial charge in [-0.2, -0.15) is 0 Å². The fraction of sp³-hybridized carbons (Fsp3) is 0.857. The van der Waals surface area contributed by atoms with Crippen LogP contribution in [0.25, 0.3) is 0 Å². The summed E-state index contributed by atoms with van der Waals surface area (Å²) in [4.78, 5) is 22.3. The van der Waals surface area contributed by atoms with Crippen molar-refractivity contribution in [1.29, 1.82) is 0 Å². The molecule has 12 heteroatoms. The molecular weight excluding hydrogens is 528 g/mol. The van der Waals surface area contributed by atoms with E-state index in [9.17, 15) is 9.59 Å². The van der Waals surface area contributed by atoms with Gasteiger partial charge in [0.25, 0.3) is 0 Å². The lowest BCUT2D eigenvalue weighted by Gasteiger charge is -2.09. The minimum Gasteiger partial charge on any atom is -0.463 e. The molecular formula is C28H52O12. The summed E-state index contributed by atoms with van der Waals surface area (Å²) in [6.07, 6.45) is 5.86. The summed E-state index contributed by atoms with van der Waals surface area (Å²) in [6.45, 7) is 13.2. The second kappa shape index (κ2) is 33.6. The first-order valence-electron chi connectivity index (χ1n) is 14.3. The molecule has 40 heavy (non-hydrogen) atoms. The van der Waals surface area contributed by atoms with Gasteiger partial charge in [0.15, 0.2) is 0 Å². The molecule has 0 N–H and O–H groups in total. The van der Waals surface area contributed by atoms with Crippen molar-refractivity contribution in [2.24, 2.45) is 0 Å². The normalized spacial score (nSPS) is 11.0. The molecule has 0 aliphatic rings. The van der Waals surface area contributed by atoms with E-state index in [4.69, 9.17) is 47.4 Å². The summed E-state index contributed by atoms with van der Waals surface area (Å²) in [7, 11) is 0. The van der Waals surface area contributed by atoms with Crippen molar-refractivity contribution in [3.8, 4) is 0 Å². The minimum atomic E-state index is -0.460. The van der Waals surface area contributed by atoms with Crippen molar-refractivity contribution in [1.82, 2.24) is 0 Å². The quantitative estimate of drug-likeness (QED) is 0.0642. The zero-order chi connectivity index (χ0) is 29.2. The van der Waals surface area contributed by atoms with E-state index in [-0.39, 0.29) is 19.2 Å². The van der Waals surface area contributed by atoms with Gasteiger partial charge in [0.1, 0.15) is 13.2 Å². The van der Waals surface area contributed by atoms with E-state index in [2.05, 4.69) is 13.5 Å². The van der Waals surface area contributed by atoms with E-state index in [1.54, 1.807) is 0 Å². The Bertz CT molecular complexity index is 561. The maximum Gasteiger partial charge on any atom is 0.330 e. The molecule has 0 aromatic rings. The number of hydrogen-bond donors (Lipinski definition) is 0. The van der Waals surface area contributed by atoms with Crippen molar-refractivity contribution in [2.45, 2.75) is 39.0 Å². The molecule has 0 aromatic carbocycles. The Morgan fingerprint density at radius 1 is 0.475 bits per heavy atom. The third-order valence-corrected chi connectivity index (χ3v) is 4.97. The van der Waals surface area contributed by atoms with Crippen molar-refractivity contribution in [3.05, 3.63) is 12.7 Å². The maximum absolute atomic E-state index is 11.5. The molecule has 0 amide bonds. The zero-order valence-electron chi connectivity index (χ0n) is 24.4. The number of rotatable bonds is 33. The molecule has 0 spiro atoms. The van der Waals surface area contributed by atoms with Gasteiger partial charge in [-0.1, -0.05) is 32.8 Å². The summed E-state index contributed by atoms with van der Waals surface area (Å²) >= 11 is 0. The van der Waals surface area contributed by atoms with Gasteiger partial charge in [0.2, 0.25) is 0 Å². The summed E-state index contributed by atoms with van der Waals surface area (Å²) in [6, 6.07) is 0. The van der Waals surface area contributed by atoms with Crippen LogP contribution >= 0.6 is 0 Å². The highest BCUT2D eigenvalue weighted by atomic mass is 16.6. The average molecular weight is 581 g/mol. The van der Waals surface area contributed by atoms with E-state index in [1.165, 1.54) is 0 Å². The molecule has 0 unspecified atom stereocenters. The van der Waals surface area contributed by atoms with Gasteiger partial charge in [-0.15, -0.1) is 0 Å². The Labute approximate surface area is 239 Å². The van der Waals surface area contributed by atoms with Gasteiger partial charge < -0.3 is 47.4 Å². The molecule has 0 radical (unpaired) electrons. The van der Waals surface area contributed by atoms with Crippen LogP contribution in [-0.2, 0) is 57.0 Å². The summed E-state index contributed by atoms with van der Waals surface area (Å²) in [5, 5.41) is 0. The van der Waals surface area contributed by atoms with Crippen LogP contribution in [0.15, 0.2) is 12.7 Å². The first-order valence-corrected chi connectivity index (χ1v) is 14.3. The molecule has 0 saturated carbocycles. The largest absolute Gasteiger partial charge is 0.463 e. The van der Waals surface area contributed by atoms with E-state index in [0.29, 0.717) is 112 Å². The fourth-order valence-corrected chi connectivity index (χ4v) is 2.88. The Morgan fingerprint density at radius 2 is 0.800 bits per heavy atom. The van der Waals surface area contributed by atoms with Crippen molar-refractivity contribution in [2.75, 3.05) is 119 Å². The molecule has 0 aliphatic heterocycles. The summed E-state index contributed by atoms with van der Waals surface area (Å²) < 4.78 is 53.0. The van der Waals surface area contributed by atoms with Crippen LogP contribution in [0.1, 0.15) is 39.0 Å². The number of carbonyl (C=O) groups is 2. The van der Waals surface area contributed by atoms with Crippen molar-refractivity contribution >= 4 is 11.9 Å². The molecule has 0 rings (SSSR count). The molecule has 0 aliphatic carbocycles. The number of carbonyl (C=O) groups excluding carboxylic acids is 2. The molecule has 236 valence electrons. The lowest BCUT2D eigenvalue weighted by atomic mass is 10.2. The monoisotopic (exact) mass is 580 g/mol. The average Bonchev–Trinajstić information content (AvgIpc) is 2.96. The molecule has 0 fully saturated rings. The van der Waals surface area contributed by atoms with E-state index < -0.39 is 5.97 Å². The highest BCUT2D eigenvalue weighted by Gasteiger charge is 2.02. The van der Waals surface area contributed by atoms with Crippen molar-refractivity contribution < 1.29 is 57.0 Å². The molecule has 0 atom stereocenters. The lowest BCUT2D eigenvalue weighted by molar-refractivity contribution is -0.145. The Hall–Kier alpha value is -1.64. The summed E-state index contributed by atoms with van der Waals surface area (Å²) in [5.74, 6) is -0.616. The standard InChI is InChI=1S/C28H52O12/c1-3-5-6-7-8-28(30)40-26-24-38-22-20-36-18-16-34-14-12-32-10-9-31-11-13-33-15-17-35-19-21-37-23-25-39-27(29)4-2/h4H,2-3,5-26H2,1H3. The Kier molecular flexibility index (Phi) is 32.2. The van der Waals surface area contributed by atoms with Crippen LogP contribution in [-0.4, -0.2) is 131 Å². The van der Waals surface area contributed by atoms with Crippen LogP contribution in [0.4, 0.5) is 0 Å². The Balaban J connectivity index is 3.10. The fourth-order valence-electron chi connectivity index (χ4n) is 2.88. The third kappa shape index (κ3) is 32.6. The van der Waals surface area contributed by atoms with E-state index >= 15 is 0 Å². The maximum atomic E-state index is 11.5. The molecule has 0 saturated heterocycles. The van der Waals surface area contributed by atoms with Crippen LogP contribution in [0.2, 0.25) is 0 Å². The SMILES string of the molecule is C=CC(=O)OCCOCCOCCOCCOCCOCCOCCOCCOCCOC(=O)CCCCCC. The molecule has 0 heterocycles. The number of ether oxygens (including phenoxy) is 10. The predicted octanol–water partition coefficient (Wildman–Crippen LogP) is 2.36. The highest BCUT2D eigenvalue weighted by molar-refractivity contribution is 5.81. The van der Waals surface area contributed by atoms with Gasteiger partial charge in [0, 0.05) is 12.5 Å². The van der Waals surface area contributed by atoms with E-state index in [0.717, 1.165) is 31.8 Å². The molecule has 0 aromatic heterocycles. The van der Waals surface area contributed by atoms with Gasteiger partial charge in [0.05, 0.1) is 106 Å². The van der Waals surface area contributed by atoms with E-state index in [1.807, 2.05) is 0 Å². The van der Waals surface area contributed by atoms with Gasteiger partial charge >= 0.3 is 11.9 Å². The number of unbranched alkanes of at least 4 members (excludes halogenated alkanes) is 3. The summed E-state index contributed by atoms with van der Waals surface area (Å²) in [5.41, 5.74) is 0. The van der Waals surface area contributed by atoms with Gasteiger partial charge in [-0.3, -0.25) is 4.79 Å². The van der Waals surface area contributed by atoms with Crippen LogP contribution in [0.5, 0.6) is 0 Å². The molecule has 0 bridgehead atoms. The Morgan fingerprint density at radius 3 is 1.12 bits per heavy atom. The minimum absolute atomic E-state index is 0.156. The smallest absolute Gasteiger partial charge is 0.330 e. The van der Waals surface area contributed by atoms with Crippen LogP contribution in [0.3, 0.4) is 0 Å². The first kappa shape index (κ1) is 38.4. The van der Waals surface area contributed by atoms with Crippen LogP contribution in [0, 0.1) is 0 Å². The number of esters is 2. The van der Waals surface area contributed by atoms with Crippen molar-refractivity contribution in [3.63, 3.8) is 0 Å². The van der Waals surface area contributed by atoms with Gasteiger partial charge in [-0.05, 0) is 6.42 Å². The highest BCUT2D eigenvalue weighted by Crippen LogP contribution is 2.03. The predicted molar refractivity (Wildman–Crippen MR) is 147 cm³/mol. The topological polar surface area (TPSA) is 126 Å². The second-order valence-corrected chi connectivity index (χ2v) is 8.30. The second-order valence-electron chi connectivity index (χ2n) is 8.30. The molecule has 12 nitrogen and oxygen atoms in total. The van der Waals surface area contributed by atoms with Crippen LogP contribution < -0.4 is 0 Å². The lowest BCUT2D eigenvalue weighted by Crippen LogP contribution is -2.15. The zero-order valence-corrected chi connectivity index (χ0v) is 24.4.